The lowest BCUT2D eigenvalue weighted by atomic mass is 10.2. The van der Waals surface area contributed by atoms with Gasteiger partial charge in [-0.15, -0.1) is 0 Å². The highest BCUT2D eigenvalue weighted by Crippen LogP contribution is 2.26. The van der Waals surface area contributed by atoms with Crippen molar-refractivity contribution in [2.75, 3.05) is 17.5 Å². The van der Waals surface area contributed by atoms with Crippen molar-refractivity contribution in [3.63, 3.8) is 0 Å². The highest BCUT2D eigenvalue weighted by Gasteiger charge is 2.27. The second-order valence-electron chi connectivity index (χ2n) is 6.54. The quantitative estimate of drug-likeness (QED) is 0.464. The van der Waals surface area contributed by atoms with E-state index < -0.39 is 28.4 Å². The van der Waals surface area contributed by atoms with Crippen molar-refractivity contribution in [3.8, 4) is 5.75 Å². The first-order valence-electron chi connectivity index (χ1n) is 9.61. The van der Waals surface area contributed by atoms with Crippen LogP contribution in [0.4, 0.5) is 10.1 Å². The zero-order valence-corrected chi connectivity index (χ0v) is 17.7. The summed E-state index contributed by atoms with van der Waals surface area (Å²) < 4.78 is 51.1. The smallest absolute Gasteiger partial charge is 0.326 e. The third-order valence-electron chi connectivity index (χ3n) is 4.35. The van der Waals surface area contributed by atoms with Gasteiger partial charge in [-0.25, -0.2) is 12.8 Å². The minimum Gasteiger partial charge on any atom is -0.489 e. The first-order chi connectivity index (χ1) is 14.9. The van der Waals surface area contributed by atoms with E-state index in [2.05, 4.69) is 0 Å². The predicted octanol–water partition coefficient (Wildman–Crippen LogP) is 4.16. The van der Waals surface area contributed by atoms with Gasteiger partial charge in [-0.2, -0.15) is 0 Å². The number of rotatable bonds is 9. The molecule has 0 fully saturated rings. The highest BCUT2D eigenvalue weighted by atomic mass is 32.2. The van der Waals surface area contributed by atoms with Crippen LogP contribution in [0.25, 0.3) is 0 Å². The van der Waals surface area contributed by atoms with Crippen LogP contribution in [-0.4, -0.2) is 27.5 Å². The number of hydrogen-bond acceptors (Lipinski definition) is 5. The van der Waals surface area contributed by atoms with Crippen molar-refractivity contribution in [3.05, 3.63) is 90.2 Å². The van der Waals surface area contributed by atoms with Crippen molar-refractivity contribution in [2.24, 2.45) is 0 Å². The van der Waals surface area contributed by atoms with Gasteiger partial charge in [0.15, 0.2) is 0 Å². The molecule has 0 bridgehead atoms. The van der Waals surface area contributed by atoms with Gasteiger partial charge in [-0.3, -0.25) is 9.10 Å². The van der Waals surface area contributed by atoms with Crippen LogP contribution < -0.4 is 9.04 Å². The number of sulfonamides is 1. The fraction of sp³-hybridized carbons (Fsp3) is 0.174. The molecule has 31 heavy (non-hydrogen) atoms. The van der Waals surface area contributed by atoms with Crippen LogP contribution in [-0.2, 0) is 26.2 Å². The largest absolute Gasteiger partial charge is 0.489 e. The molecule has 0 spiro atoms. The van der Waals surface area contributed by atoms with E-state index in [0.717, 1.165) is 34.1 Å². The minimum absolute atomic E-state index is 0.121. The Kier molecular flexibility index (Phi) is 7.25. The van der Waals surface area contributed by atoms with Gasteiger partial charge in [0.1, 0.15) is 24.7 Å². The van der Waals surface area contributed by atoms with E-state index in [-0.39, 0.29) is 17.2 Å². The highest BCUT2D eigenvalue weighted by molar-refractivity contribution is 7.92. The van der Waals surface area contributed by atoms with Gasteiger partial charge in [0, 0.05) is 0 Å². The number of hydrogen-bond donors (Lipinski definition) is 0. The molecule has 6 nitrogen and oxygen atoms in total. The maximum atomic E-state index is 13.3. The Bertz CT molecular complexity index is 1100. The third kappa shape index (κ3) is 5.82. The van der Waals surface area contributed by atoms with Crippen molar-refractivity contribution >= 4 is 21.7 Å². The maximum Gasteiger partial charge on any atom is 0.326 e. The van der Waals surface area contributed by atoms with Crippen LogP contribution in [0.2, 0.25) is 0 Å². The Morgan fingerprint density at radius 2 is 1.58 bits per heavy atom. The summed E-state index contributed by atoms with van der Waals surface area (Å²) in [6.45, 7) is 1.60. The Balaban J connectivity index is 1.84. The topological polar surface area (TPSA) is 72.9 Å². The van der Waals surface area contributed by atoms with Crippen LogP contribution >= 0.6 is 0 Å². The average Bonchev–Trinajstić information content (AvgIpc) is 2.78. The second kappa shape index (κ2) is 10.1. The van der Waals surface area contributed by atoms with Gasteiger partial charge >= 0.3 is 5.97 Å². The SMILES string of the molecule is CCOC(=O)CN(c1ccc(OCc2ccccc2)cc1)S(=O)(=O)c1ccc(F)cc1. The molecule has 0 aliphatic rings. The second-order valence-corrected chi connectivity index (χ2v) is 8.40. The number of anilines is 1. The Morgan fingerprint density at radius 1 is 0.935 bits per heavy atom. The number of esters is 1. The van der Waals surface area contributed by atoms with Gasteiger partial charge in [-0.1, -0.05) is 30.3 Å². The van der Waals surface area contributed by atoms with Crippen molar-refractivity contribution in [2.45, 2.75) is 18.4 Å². The molecule has 3 rings (SSSR count). The predicted molar refractivity (Wildman–Crippen MR) is 115 cm³/mol. The summed E-state index contributed by atoms with van der Waals surface area (Å²) in [7, 11) is -4.13. The lowest BCUT2D eigenvalue weighted by molar-refractivity contribution is -0.141. The standard InChI is InChI=1S/C23H22FNO5S/c1-2-29-23(26)16-25(31(27,28)22-14-8-19(24)9-15-22)20-10-12-21(13-11-20)30-17-18-6-4-3-5-7-18/h3-15H,2,16-17H2,1H3. The van der Waals surface area contributed by atoms with Crippen LogP contribution in [0.5, 0.6) is 5.75 Å². The monoisotopic (exact) mass is 443 g/mol. The lowest BCUT2D eigenvalue weighted by Gasteiger charge is -2.24. The van der Waals surface area contributed by atoms with E-state index in [0.29, 0.717) is 12.4 Å². The molecule has 0 saturated carbocycles. The van der Waals surface area contributed by atoms with Gasteiger partial charge in [-0.05, 0) is 61.0 Å². The molecule has 0 aromatic heterocycles. The molecule has 0 atom stereocenters. The molecule has 0 N–H and O–H groups in total. The summed E-state index contributed by atoms with van der Waals surface area (Å²) in [5.74, 6) is -0.712. The molecule has 3 aromatic rings. The van der Waals surface area contributed by atoms with Crippen LogP contribution in [0, 0.1) is 5.82 Å². The van der Waals surface area contributed by atoms with Crippen LogP contribution in [0.3, 0.4) is 0 Å². The van der Waals surface area contributed by atoms with E-state index in [1.54, 1.807) is 31.2 Å². The normalized spacial score (nSPS) is 11.0. The molecular formula is C23H22FNO5S. The molecule has 0 unspecified atom stereocenters. The van der Waals surface area contributed by atoms with E-state index in [1.807, 2.05) is 30.3 Å². The average molecular weight is 443 g/mol. The minimum atomic E-state index is -4.13. The van der Waals surface area contributed by atoms with E-state index in [4.69, 9.17) is 9.47 Å². The molecule has 0 aliphatic heterocycles. The van der Waals surface area contributed by atoms with Gasteiger partial charge in [0.05, 0.1) is 17.2 Å². The number of ether oxygens (including phenoxy) is 2. The van der Waals surface area contributed by atoms with E-state index in [1.165, 1.54) is 0 Å². The number of benzene rings is 3. The van der Waals surface area contributed by atoms with Crippen molar-refractivity contribution < 1.29 is 27.1 Å². The van der Waals surface area contributed by atoms with Gasteiger partial charge in [0.2, 0.25) is 0 Å². The van der Waals surface area contributed by atoms with Crippen LogP contribution in [0.1, 0.15) is 12.5 Å². The number of carbonyl (C=O) groups excluding carboxylic acids is 1. The fourth-order valence-electron chi connectivity index (χ4n) is 2.82. The van der Waals surface area contributed by atoms with Gasteiger partial charge < -0.3 is 9.47 Å². The summed E-state index contributed by atoms with van der Waals surface area (Å²) in [5.41, 5.74) is 1.25. The van der Waals surface area contributed by atoms with E-state index >= 15 is 0 Å². The Hall–Kier alpha value is -3.39. The molecule has 0 radical (unpaired) electrons. The summed E-state index contributed by atoms with van der Waals surface area (Å²) in [5, 5.41) is 0. The lowest BCUT2D eigenvalue weighted by Crippen LogP contribution is -2.36. The summed E-state index contributed by atoms with van der Waals surface area (Å²) >= 11 is 0. The Morgan fingerprint density at radius 3 is 2.19 bits per heavy atom. The molecule has 162 valence electrons. The third-order valence-corrected chi connectivity index (χ3v) is 6.14. The fourth-order valence-corrected chi connectivity index (χ4v) is 4.23. The number of carbonyl (C=O) groups is 1. The summed E-state index contributed by atoms with van der Waals surface area (Å²) in [6.07, 6.45) is 0. The summed E-state index contributed by atoms with van der Waals surface area (Å²) in [6, 6.07) is 20.3. The van der Waals surface area contributed by atoms with Gasteiger partial charge in [0.25, 0.3) is 10.0 Å². The molecule has 0 saturated heterocycles. The molecule has 0 aliphatic carbocycles. The maximum absolute atomic E-state index is 13.3. The summed E-state index contributed by atoms with van der Waals surface area (Å²) in [4.78, 5) is 11.9. The molecule has 8 heteroatoms. The Labute approximate surface area is 180 Å². The molecule has 0 amide bonds. The first-order valence-corrected chi connectivity index (χ1v) is 11.0. The number of nitrogens with zero attached hydrogens (tertiary/aromatic N) is 1. The van der Waals surface area contributed by atoms with Crippen molar-refractivity contribution in [1.29, 1.82) is 0 Å². The molecule has 3 aromatic carbocycles. The van der Waals surface area contributed by atoms with Crippen LogP contribution in [0.15, 0.2) is 83.8 Å². The number of halogens is 1. The zero-order chi connectivity index (χ0) is 22.3. The first kappa shape index (κ1) is 22.3. The van der Waals surface area contributed by atoms with E-state index in [9.17, 15) is 17.6 Å². The molecular weight excluding hydrogens is 421 g/mol. The van der Waals surface area contributed by atoms with Crippen molar-refractivity contribution in [1.82, 2.24) is 0 Å². The molecule has 0 heterocycles. The zero-order valence-electron chi connectivity index (χ0n) is 16.9.